The molecule has 7 nitrogen and oxygen atoms in total. The average molecular weight is 381 g/mol. The minimum absolute atomic E-state index is 0.148. The van der Waals surface area contributed by atoms with Crippen molar-refractivity contribution in [2.75, 3.05) is 5.32 Å². The van der Waals surface area contributed by atoms with E-state index in [0.717, 1.165) is 15.8 Å². The maximum atomic E-state index is 12.6. The molecule has 3 rings (SSSR count). The van der Waals surface area contributed by atoms with Gasteiger partial charge in [0.1, 0.15) is 5.60 Å². The van der Waals surface area contributed by atoms with E-state index >= 15 is 0 Å². The van der Waals surface area contributed by atoms with Crippen molar-refractivity contribution < 1.29 is 14.3 Å². The van der Waals surface area contributed by atoms with Crippen molar-refractivity contribution in [2.45, 2.75) is 39.7 Å². The molecule has 28 heavy (non-hydrogen) atoms. The van der Waals surface area contributed by atoms with Gasteiger partial charge in [-0.1, -0.05) is 24.3 Å². The summed E-state index contributed by atoms with van der Waals surface area (Å²) in [6.45, 7) is 6.75. The van der Waals surface area contributed by atoms with Gasteiger partial charge in [0.25, 0.3) is 5.56 Å². The van der Waals surface area contributed by atoms with Crippen LogP contribution in [0.1, 0.15) is 38.8 Å². The van der Waals surface area contributed by atoms with Gasteiger partial charge in [-0.05, 0) is 56.5 Å². The summed E-state index contributed by atoms with van der Waals surface area (Å²) in [7, 11) is 0. The highest BCUT2D eigenvalue weighted by atomic mass is 16.6. The maximum absolute atomic E-state index is 12.6. The molecule has 0 atom stereocenters. The summed E-state index contributed by atoms with van der Waals surface area (Å²) in [5.41, 5.74) is 1.85. The predicted octanol–water partition coefficient (Wildman–Crippen LogP) is 3.66. The van der Waals surface area contributed by atoms with Crippen LogP contribution in [0, 0.1) is 0 Å². The quantitative estimate of drug-likeness (QED) is 0.724. The van der Waals surface area contributed by atoms with Crippen LogP contribution in [-0.2, 0) is 16.0 Å². The van der Waals surface area contributed by atoms with Crippen molar-refractivity contribution in [3.05, 3.63) is 63.9 Å². The number of anilines is 1. The number of fused-ring (bicyclic) bond motifs is 1. The average Bonchev–Trinajstić information content (AvgIpc) is 2.91. The number of carbonyl (C=O) groups excluding carboxylic acids is 2. The van der Waals surface area contributed by atoms with Gasteiger partial charge in [0.15, 0.2) is 0 Å². The van der Waals surface area contributed by atoms with Gasteiger partial charge in [-0.3, -0.25) is 14.7 Å². The molecule has 0 unspecified atom stereocenters. The second-order valence-corrected chi connectivity index (χ2v) is 7.63. The second-order valence-electron chi connectivity index (χ2n) is 7.63. The molecule has 0 bridgehead atoms. The highest BCUT2D eigenvalue weighted by Crippen LogP contribution is 2.21. The normalized spacial score (nSPS) is 11.4. The van der Waals surface area contributed by atoms with E-state index in [2.05, 4.69) is 10.4 Å². The lowest BCUT2D eigenvalue weighted by atomic mass is 10.0. The summed E-state index contributed by atoms with van der Waals surface area (Å²) < 4.78 is 6.51. The van der Waals surface area contributed by atoms with Gasteiger partial charge in [-0.2, -0.15) is 4.68 Å². The van der Waals surface area contributed by atoms with E-state index in [1.165, 1.54) is 6.92 Å². The van der Waals surface area contributed by atoms with Crippen LogP contribution in [0.3, 0.4) is 0 Å². The molecule has 7 heteroatoms. The molecule has 0 radical (unpaired) electrons. The van der Waals surface area contributed by atoms with E-state index in [-0.39, 0.29) is 11.5 Å². The Kier molecular flexibility index (Phi) is 5.09. The highest BCUT2D eigenvalue weighted by molar-refractivity contribution is 5.90. The van der Waals surface area contributed by atoms with Crippen molar-refractivity contribution >= 4 is 28.6 Å². The fourth-order valence-corrected chi connectivity index (χ4v) is 3.03. The first-order valence-corrected chi connectivity index (χ1v) is 8.96. The molecule has 0 aliphatic carbocycles. The van der Waals surface area contributed by atoms with E-state index < -0.39 is 11.7 Å². The smallest absolute Gasteiger partial charge is 0.434 e. The van der Waals surface area contributed by atoms with E-state index in [0.29, 0.717) is 23.0 Å². The molecule has 2 N–H and O–H groups in total. The molecule has 0 saturated carbocycles. The van der Waals surface area contributed by atoms with Crippen LogP contribution in [0.4, 0.5) is 10.5 Å². The molecule has 1 aromatic heterocycles. The third-order valence-electron chi connectivity index (χ3n) is 4.03. The molecule has 2 aromatic carbocycles. The molecule has 146 valence electrons. The van der Waals surface area contributed by atoms with Gasteiger partial charge in [-0.25, -0.2) is 4.79 Å². The SMILES string of the molecule is CC(=O)Nc1cccc(Cc2cccc3c2c(=O)[nH]n3C(=O)OC(C)(C)C)c1. The fourth-order valence-electron chi connectivity index (χ4n) is 3.03. The number of nitrogens with zero attached hydrogens (tertiary/aromatic N) is 1. The van der Waals surface area contributed by atoms with Crippen LogP contribution in [0.5, 0.6) is 0 Å². The van der Waals surface area contributed by atoms with Gasteiger partial charge < -0.3 is 10.1 Å². The Hall–Kier alpha value is -3.35. The Morgan fingerprint density at radius 2 is 1.86 bits per heavy atom. The molecule has 0 spiro atoms. The lowest BCUT2D eigenvalue weighted by Gasteiger charge is -2.19. The zero-order valence-electron chi connectivity index (χ0n) is 16.3. The number of hydrogen-bond donors (Lipinski definition) is 2. The fraction of sp³-hybridized carbons (Fsp3) is 0.286. The van der Waals surface area contributed by atoms with Crippen LogP contribution in [-0.4, -0.2) is 27.4 Å². The molecule has 1 heterocycles. The van der Waals surface area contributed by atoms with Gasteiger partial charge in [-0.15, -0.1) is 0 Å². The summed E-state index contributed by atoms with van der Waals surface area (Å²) in [6, 6.07) is 12.8. The highest BCUT2D eigenvalue weighted by Gasteiger charge is 2.21. The number of hydrogen-bond acceptors (Lipinski definition) is 4. The number of amides is 1. The van der Waals surface area contributed by atoms with Crippen LogP contribution in [0.25, 0.3) is 10.9 Å². The molecule has 1 amide bonds. The third-order valence-corrected chi connectivity index (χ3v) is 4.03. The Morgan fingerprint density at radius 3 is 2.54 bits per heavy atom. The molecule has 0 aliphatic rings. The first kappa shape index (κ1) is 19.4. The Morgan fingerprint density at radius 1 is 1.14 bits per heavy atom. The zero-order chi connectivity index (χ0) is 20.5. The van der Waals surface area contributed by atoms with E-state index in [1.807, 2.05) is 24.3 Å². The minimum Gasteiger partial charge on any atom is -0.442 e. The molecular formula is C21H23N3O4. The lowest BCUT2D eigenvalue weighted by molar-refractivity contribution is -0.114. The van der Waals surface area contributed by atoms with Crippen molar-refractivity contribution in [2.24, 2.45) is 0 Å². The number of benzene rings is 2. The standard InChI is InChI=1S/C21H23N3O4/c1-13(25)22-16-9-5-7-14(12-16)11-15-8-6-10-17-18(15)19(26)23-24(17)20(27)28-21(2,3)4/h5-10,12H,11H2,1-4H3,(H,22,25)(H,23,26). The number of aromatic amines is 1. The first-order valence-electron chi connectivity index (χ1n) is 8.96. The number of nitrogens with one attached hydrogen (secondary N) is 2. The molecule has 0 fully saturated rings. The summed E-state index contributed by atoms with van der Waals surface area (Å²) in [5, 5.41) is 5.76. The summed E-state index contributed by atoms with van der Waals surface area (Å²) in [5.74, 6) is -0.148. The van der Waals surface area contributed by atoms with Gasteiger partial charge in [0, 0.05) is 12.6 Å². The number of ether oxygens (including phenoxy) is 1. The second kappa shape index (κ2) is 7.34. The van der Waals surface area contributed by atoms with E-state index in [1.54, 1.807) is 39.0 Å². The van der Waals surface area contributed by atoms with E-state index in [9.17, 15) is 14.4 Å². The van der Waals surface area contributed by atoms with Crippen molar-refractivity contribution in [3.8, 4) is 0 Å². The van der Waals surface area contributed by atoms with Crippen LogP contribution >= 0.6 is 0 Å². The number of carbonyl (C=O) groups is 2. The first-order chi connectivity index (χ1) is 13.1. The Balaban J connectivity index is 1.99. The molecular weight excluding hydrogens is 358 g/mol. The van der Waals surface area contributed by atoms with Crippen molar-refractivity contribution in [1.82, 2.24) is 9.78 Å². The van der Waals surface area contributed by atoms with Crippen LogP contribution < -0.4 is 10.9 Å². The van der Waals surface area contributed by atoms with Gasteiger partial charge >= 0.3 is 6.09 Å². The van der Waals surface area contributed by atoms with E-state index in [4.69, 9.17) is 4.74 Å². The summed E-state index contributed by atoms with van der Waals surface area (Å²) >= 11 is 0. The zero-order valence-corrected chi connectivity index (χ0v) is 16.3. The summed E-state index contributed by atoms with van der Waals surface area (Å²) in [6.07, 6.45) is -0.156. The van der Waals surface area contributed by atoms with Crippen molar-refractivity contribution in [1.29, 1.82) is 0 Å². The maximum Gasteiger partial charge on any atom is 0.434 e. The third kappa shape index (κ3) is 4.31. The van der Waals surface area contributed by atoms with Crippen molar-refractivity contribution in [3.63, 3.8) is 0 Å². The Labute approximate surface area is 162 Å². The largest absolute Gasteiger partial charge is 0.442 e. The number of H-pyrrole nitrogens is 1. The minimum atomic E-state index is -0.674. The van der Waals surface area contributed by atoms with Gasteiger partial charge in [0.05, 0.1) is 10.9 Å². The molecule has 0 aliphatic heterocycles. The van der Waals surface area contributed by atoms with Gasteiger partial charge in [0.2, 0.25) is 5.91 Å². The predicted molar refractivity (Wildman–Crippen MR) is 108 cm³/mol. The van der Waals surface area contributed by atoms with Crippen LogP contribution in [0.15, 0.2) is 47.3 Å². The monoisotopic (exact) mass is 381 g/mol. The number of rotatable bonds is 3. The summed E-state index contributed by atoms with van der Waals surface area (Å²) in [4.78, 5) is 36.3. The Bertz CT molecular complexity index is 1100. The number of aromatic nitrogens is 2. The molecule has 3 aromatic rings. The molecule has 0 saturated heterocycles. The lowest BCUT2D eigenvalue weighted by Crippen LogP contribution is -2.28. The topological polar surface area (TPSA) is 93.2 Å². The van der Waals surface area contributed by atoms with Crippen LogP contribution in [0.2, 0.25) is 0 Å².